The molecule has 11 nitrogen and oxygen atoms in total. The molecule has 5 rings (SSSR count). The molecule has 0 radical (unpaired) electrons. The van der Waals surface area contributed by atoms with E-state index in [1.807, 2.05) is 45.0 Å². The number of hydrogen-bond donors (Lipinski definition) is 2. The molecule has 0 spiro atoms. The van der Waals surface area contributed by atoms with E-state index in [1.54, 1.807) is 11.9 Å². The van der Waals surface area contributed by atoms with Crippen molar-refractivity contribution in [2.24, 2.45) is 0 Å². The largest absolute Gasteiger partial charge is 0.443 e. The topological polar surface area (TPSA) is 145 Å². The molecule has 0 bridgehead atoms. The number of para-hydroxylation sites is 2. The van der Waals surface area contributed by atoms with Crippen LogP contribution in [0.25, 0.3) is 0 Å². The third-order valence-corrected chi connectivity index (χ3v) is 12.7. The van der Waals surface area contributed by atoms with Gasteiger partial charge >= 0.3 is 6.09 Å². The quantitative estimate of drug-likeness (QED) is 0.108. The van der Waals surface area contributed by atoms with Crippen LogP contribution in [0, 0.1) is 0 Å². The summed E-state index contributed by atoms with van der Waals surface area (Å²) in [4.78, 5) is 17.6. The first-order chi connectivity index (χ1) is 26.5. The zero-order valence-electron chi connectivity index (χ0n) is 34.7. The summed E-state index contributed by atoms with van der Waals surface area (Å²) in [6.45, 7) is 15.4. The Kier molecular flexibility index (Phi) is 13.2. The monoisotopic (exact) mass is 822 g/mol. The number of rotatable bonds is 14. The lowest BCUT2D eigenvalue weighted by atomic mass is 9.81. The van der Waals surface area contributed by atoms with Gasteiger partial charge < -0.3 is 9.64 Å². The summed E-state index contributed by atoms with van der Waals surface area (Å²) in [5, 5.41) is 0. The van der Waals surface area contributed by atoms with E-state index in [-0.39, 0.29) is 22.3 Å². The van der Waals surface area contributed by atoms with Gasteiger partial charge in [0.1, 0.15) is 12.1 Å². The van der Waals surface area contributed by atoms with Crippen LogP contribution in [0.15, 0.2) is 95.4 Å². The van der Waals surface area contributed by atoms with E-state index in [0.717, 1.165) is 70.0 Å². The number of likely N-dealkylation sites (N-methyl/N-ethyl adjacent to an activating group) is 1. The summed E-state index contributed by atoms with van der Waals surface area (Å²) in [5.74, 6) is -0.574. The van der Waals surface area contributed by atoms with Crippen LogP contribution in [0.4, 0.5) is 16.2 Å². The SMILES string of the molecule is CN(C(=O)OC(C)(C)C)C1=C(/C=C/C2=[N+](CCCCS(=O)(=O)O)c3ccccc3C2(C)C)CCC/C1=C\C=C1\N(CCCCS(=O)(=O)O)c2ccccc2C1(C)C. The second-order valence-electron chi connectivity index (χ2n) is 17.3. The normalized spacial score (nSPS) is 19.5. The molecule has 0 fully saturated rings. The molecule has 3 aliphatic rings. The molecule has 310 valence electrons. The maximum Gasteiger partial charge on any atom is 0.414 e. The summed E-state index contributed by atoms with van der Waals surface area (Å²) in [6.07, 6.45) is 12.2. The number of anilines is 1. The van der Waals surface area contributed by atoms with Crippen molar-refractivity contribution in [1.29, 1.82) is 0 Å². The fourth-order valence-electron chi connectivity index (χ4n) is 8.32. The third-order valence-electron chi connectivity index (χ3n) is 11.1. The van der Waals surface area contributed by atoms with Crippen LogP contribution >= 0.6 is 0 Å². The Morgan fingerprint density at radius 1 is 0.842 bits per heavy atom. The van der Waals surface area contributed by atoms with Gasteiger partial charge in [-0.2, -0.15) is 21.4 Å². The molecule has 0 aromatic heterocycles. The Balaban J connectivity index is 1.59. The molecule has 2 aliphatic heterocycles. The van der Waals surface area contributed by atoms with Gasteiger partial charge in [-0.25, -0.2) is 4.79 Å². The maximum atomic E-state index is 13.8. The van der Waals surface area contributed by atoms with Crippen molar-refractivity contribution in [3.05, 3.63) is 107 Å². The highest BCUT2D eigenvalue weighted by atomic mass is 32.2. The Morgan fingerprint density at radius 2 is 1.46 bits per heavy atom. The fourth-order valence-corrected chi connectivity index (χ4v) is 9.46. The van der Waals surface area contributed by atoms with Crippen LogP contribution < -0.4 is 4.90 Å². The summed E-state index contributed by atoms with van der Waals surface area (Å²) in [5.41, 5.74) is 7.89. The van der Waals surface area contributed by atoms with E-state index in [1.165, 1.54) is 0 Å². The zero-order chi connectivity index (χ0) is 42.0. The van der Waals surface area contributed by atoms with Gasteiger partial charge in [-0.05, 0) is 102 Å². The predicted octanol–water partition coefficient (Wildman–Crippen LogP) is 8.87. The Morgan fingerprint density at radius 3 is 2.11 bits per heavy atom. The van der Waals surface area contributed by atoms with E-state index in [2.05, 4.69) is 85.7 Å². The highest BCUT2D eigenvalue weighted by molar-refractivity contribution is 7.86. The van der Waals surface area contributed by atoms with E-state index in [9.17, 15) is 30.7 Å². The van der Waals surface area contributed by atoms with Crippen molar-refractivity contribution in [3.63, 3.8) is 0 Å². The van der Waals surface area contributed by atoms with Gasteiger partial charge in [0.15, 0.2) is 5.71 Å². The average molecular weight is 823 g/mol. The van der Waals surface area contributed by atoms with Crippen molar-refractivity contribution in [2.45, 2.75) is 110 Å². The predicted molar refractivity (Wildman–Crippen MR) is 228 cm³/mol. The number of carbonyl (C=O) groups is 1. The molecular weight excluding hydrogens is 763 g/mol. The van der Waals surface area contributed by atoms with Crippen LogP contribution in [0.3, 0.4) is 0 Å². The zero-order valence-corrected chi connectivity index (χ0v) is 36.3. The first-order valence-corrected chi connectivity index (χ1v) is 23.0. The average Bonchev–Trinajstić information content (AvgIpc) is 3.46. The number of unbranched alkanes of at least 4 members (excludes halogenated alkanes) is 2. The van der Waals surface area contributed by atoms with Crippen molar-refractivity contribution in [2.75, 3.05) is 36.5 Å². The maximum absolute atomic E-state index is 13.8. The smallest absolute Gasteiger partial charge is 0.414 e. The lowest BCUT2D eigenvalue weighted by Crippen LogP contribution is -2.35. The van der Waals surface area contributed by atoms with Gasteiger partial charge in [-0.1, -0.05) is 62.4 Å². The lowest BCUT2D eigenvalue weighted by Gasteiger charge is -2.31. The molecule has 0 unspecified atom stereocenters. The van der Waals surface area contributed by atoms with E-state index in [4.69, 9.17) is 4.74 Å². The van der Waals surface area contributed by atoms with Crippen LogP contribution in [0.2, 0.25) is 0 Å². The summed E-state index contributed by atoms with van der Waals surface area (Å²) in [7, 11) is -6.35. The molecule has 0 saturated heterocycles. The number of benzene rings is 2. The molecule has 1 amide bonds. The summed E-state index contributed by atoms with van der Waals surface area (Å²) < 4.78 is 72.6. The number of ether oxygens (including phenoxy) is 1. The molecule has 1 aliphatic carbocycles. The van der Waals surface area contributed by atoms with Crippen molar-refractivity contribution in [3.8, 4) is 0 Å². The molecule has 2 N–H and O–H groups in total. The molecule has 0 atom stereocenters. The van der Waals surface area contributed by atoms with Crippen molar-refractivity contribution < 1.29 is 40.0 Å². The van der Waals surface area contributed by atoms with E-state index >= 15 is 0 Å². The standard InChI is InChI=1S/C44H59N3O8S2/c1-42(2,3)55-41(48)45(8)40-32(24-26-38-43(4,5)34-20-9-11-22-36(34)46(38)28-13-15-30-56(49,50)51)18-17-19-33(40)25-27-39-44(6,7)35-21-10-12-23-37(35)47(39)29-14-16-31-57(52,53)54/h9-12,20-27H,13-19,28-31H2,1-8H3,(H-,49,50,51,52,53,54)/p+1. The summed E-state index contributed by atoms with van der Waals surface area (Å²) >= 11 is 0. The van der Waals surface area contributed by atoms with Gasteiger partial charge in [0.05, 0.1) is 22.6 Å². The number of hydrogen-bond acceptors (Lipinski definition) is 7. The molecular formula is C44H60N3O8S2+. The van der Waals surface area contributed by atoms with E-state index in [0.29, 0.717) is 38.8 Å². The number of nitrogens with zero attached hydrogens (tertiary/aromatic N) is 3. The molecule has 57 heavy (non-hydrogen) atoms. The van der Waals surface area contributed by atoms with Gasteiger partial charge in [0, 0.05) is 54.5 Å². The fraction of sp³-hybridized carbons (Fsp3) is 0.500. The third kappa shape index (κ3) is 10.5. The number of allylic oxidation sites excluding steroid dienone is 7. The lowest BCUT2D eigenvalue weighted by molar-refractivity contribution is -0.438. The van der Waals surface area contributed by atoms with Crippen molar-refractivity contribution in [1.82, 2.24) is 4.90 Å². The molecule has 2 heterocycles. The van der Waals surface area contributed by atoms with Crippen LogP contribution in [-0.2, 0) is 35.8 Å². The Labute approximate surface area is 340 Å². The highest BCUT2D eigenvalue weighted by Gasteiger charge is 2.44. The van der Waals surface area contributed by atoms with Crippen molar-refractivity contribution >= 4 is 43.4 Å². The number of amides is 1. The van der Waals surface area contributed by atoms with Gasteiger partial charge in [0.25, 0.3) is 20.2 Å². The van der Waals surface area contributed by atoms with Gasteiger partial charge in [0.2, 0.25) is 5.69 Å². The van der Waals surface area contributed by atoms with Crippen LogP contribution in [0.5, 0.6) is 0 Å². The molecule has 2 aromatic rings. The second kappa shape index (κ2) is 17.1. The van der Waals surface area contributed by atoms with Crippen LogP contribution in [-0.4, -0.2) is 84.5 Å². The molecule has 13 heteroatoms. The second-order valence-corrected chi connectivity index (χ2v) is 20.4. The molecule has 0 saturated carbocycles. The first kappa shape index (κ1) is 44.1. The first-order valence-electron chi connectivity index (χ1n) is 19.8. The van der Waals surface area contributed by atoms with E-state index < -0.39 is 31.9 Å². The minimum Gasteiger partial charge on any atom is -0.443 e. The van der Waals surface area contributed by atoms with Gasteiger partial charge in [-0.3, -0.25) is 14.0 Å². The van der Waals surface area contributed by atoms with Crippen LogP contribution in [0.1, 0.15) is 105 Å². The molecule has 2 aromatic carbocycles. The van der Waals surface area contributed by atoms with Gasteiger partial charge in [-0.15, -0.1) is 0 Å². The minimum atomic E-state index is -4.05. The highest BCUT2D eigenvalue weighted by Crippen LogP contribution is 2.48. The number of fused-ring (bicyclic) bond motifs is 2. The minimum absolute atomic E-state index is 0.287. The summed E-state index contributed by atoms with van der Waals surface area (Å²) in [6, 6.07) is 16.5. The number of carbonyl (C=O) groups excluding carboxylic acids is 1. The Bertz CT molecular complexity index is 2240. The Hall–Kier alpha value is -4.04.